The number of rotatable bonds is 5. The van der Waals surface area contributed by atoms with Crippen molar-refractivity contribution in [1.82, 2.24) is 0 Å². The van der Waals surface area contributed by atoms with E-state index in [1.807, 2.05) is 0 Å². The predicted molar refractivity (Wildman–Crippen MR) is 75.8 cm³/mol. The average Bonchev–Trinajstić information content (AvgIpc) is 2.50. The summed E-state index contributed by atoms with van der Waals surface area (Å²) < 4.78 is 10.3. The summed E-state index contributed by atoms with van der Waals surface area (Å²) in [6, 6.07) is 4.45. The lowest BCUT2D eigenvalue weighted by molar-refractivity contribution is -0.271. The number of phenols is 1. The second-order valence-corrected chi connectivity index (χ2v) is 5.19. The van der Waals surface area contributed by atoms with Gasteiger partial charge in [0.1, 0.15) is 18.3 Å². The molecule has 0 spiro atoms. The summed E-state index contributed by atoms with van der Waals surface area (Å²) in [4.78, 5) is 11.0. The maximum Gasteiger partial charge on any atom is 0.335 e. The van der Waals surface area contributed by atoms with Crippen molar-refractivity contribution in [3.63, 3.8) is 0 Å². The van der Waals surface area contributed by atoms with Crippen molar-refractivity contribution < 1.29 is 39.8 Å². The second-order valence-electron chi connectivity index (χ2n) is 5.19. The maximum atomic E-state index is 11.0. The van der Waals surface area contributed by atoms with E-state index < -0.39 is 36.7 Å². The van der Waals surface area contributed by atoms with Crippen LogP contribution >= 0.6 is 0 Å². The molecule has 1 fully saturated rings. The molecule has 0 amide bonds. The molecule has 5 atom stereocenters. The predicted octanol–water partition coefficient (Wildman–Crippen LogP) is -1.84. The number of hydrogen-bond donors (Lipinski definition) is 6. The van der Waals surface area contributed by atoms with Crippen molar-refractivity contribution in [3.8, 4) is 11.5 Å². The molecule has 2 rings (SSSR count). The van der Waals surface area contributed by atoms with E-state index in [9.17, 15) is 25.2 Å². The molecule has 1 aliphatic heterocycles. The number of carboxylic acids is 1. The van der Waals surface area contributed by atoms with Gasteiger partial charge in [0.05, 0.1) is 0 Å². The van der Waals surface area contributed by atoms with Crippen LogP contribution in [-0.4, -0.2) is 68.8 Å². The number of aromatic hydroxyl groups is 1. The molecule has 1 aromatic carbocycles. The van der Waals surface area contributed by atoms with Crippen molar-refractivity contribution in [1.29, 1.82) is 0 Å². The highest BCUT2D eigenvalue weighted by atomic mass is 16.7. The number of nitrogens with two attached hydrogens (primary N) is 1. The zero-order valence-electron chi connectivity index (χ0n) is 12.1. The molecule has 0 aromatic heterocycles. The number of aliphatic carboxylic acids is 1. The molecular weight excluding hydrogens is 310 g/mol. The normalized spacial score (nSPS) is 30.9. The van der Waals surface area contributed by atoms with Gasteiger partial charge in [0.15, 0.2) is 17.6 Å². The Morgan fingerprint density at radius 2 is 1.91 bits per heavy atom. The molecule has 1 aliphatic rings. The molecule has 0 aliphatic carbocycles. The van der Waals surface area contributed by atoms with Crippen molar-refractivity contribution in [2.24, 2.45) is 5.73 Å². The number of hydrogen-bond acceptors (Lipinski definition) is 8. The third-order valence-corrected chi connectivity index (χ3v) is 3.51. The Labute approximate surface area is 131 Å². The molecular formula is C14H19NO8. The van der Waals surface area contributed by atoms with Gasteiger partial charge >= 0.3 is 5.97 Å². The number of carbonyl (C=O) groups is 1. The first kappa shape index (κ1) is 17.4. The Bertz CT molecular complexity index is 566. The highest BCUT2D eigenvalue weighted by Crippen LogP contribution is 2.31. The van der Waals surface area contributed by atoms with Crippen LogP contribution in [0, 0.1) is 0 Å². The lowest BCUT2D eigenvalue weighted by Crippen LogP contribution is -2.61. The Hall–Kier alpha value is -1.91. The molecule has 7 N–H and O–H groups in total. The van der Waals surface area contributed by atoms with Crippen LogP contribution in [0.3, 0.4) is 0 Å². The smallest absolute Gasteiger partial charge is 0.335 e. The van der Waals surface area contributed by atoms with Crippen molar-refractivity contribution >= 4 is 5.97 Å². The summed E-state index contributed by atoms with van der Waals surface area (Å²) in [6.07, 6.45) is -8.10. The first-order chi connectivity index (χ1) is 10.8. The number of carboxylic acid groups (broad SMARTS) is 1. The van der Waals surface area contributed by atoms with Crippen molar-refractivity contribution in [2.75, 3.05) is 6.54 Å². The highest BCUT2D eigenvalue weighted by Gasteiger charge is 2.48. The summed E-state index contributed by atoms with van der Waals surface area (Å²) in [5.41, 5.74) is 6.20. The van der Waals surface area contributed by atoms with Gasteiger partial charge in [-0.25, -0.2) is 4.79 Å². The monoisotopic (exact) mass is 329 g/mol. The average molecular weight is 329 g/mol. The van der Waals surface area contributed by atoms with E-state index in [0.717, 1.165) is 5.56 Å². The standard InChI is InChI=1S/C14H19NO8/c15-4-3-6-1-2-7(16)8(5-6)22-14-11(19)9(17)10(18)12(23-14)13(20)21/h1-2,5,9-12,14,16-19H,3-4,15H2,(H,20,21)/t9?,10-,11?,12?,14-/m1/s1. The lowest BCUT2D eigenvalue weighted by Gasteiger charge is -2.38. The largest absolute Gasteiger partial charge is 0.504 e. The molecule has 1 saturated heterocycles. The van der Waals surface area contributed by atoms with Gasteiger partial charge in [0.2, 0.25) is 6.29 Å². The zero-order chi connectivity index (χ0) is 17.1. The van der Waals surface area contributed by atoms with Gasteiger partial charge in [0.25, 0.3) is 0 Å². The lowest BCUT2D eigenvalue weighted by atomic mass is 9.99. The van der Waals surface area contributed by atoms with Gasteiger partial charge < -0.3 is 40.7 Å². The number of aliphatic hydroxyl groups excluding tert-OH is 3. The van der Waals surface area contributed by atoms with Crippen LogP contribution < -0.4 is 10.5 Å². The fourth-order valence-electron chi connectivity index (χ4n) is 2.25. The van der Waals surface area contributed by atoms with Gasteiger partial charge in [0, 0.05) is 0 Å². The van der Waals surface area contributed by atoms with E-state index in [0.29, 0.717) is 13.0 Å². The minimum atomic E-state index is -1.81. The molecule has 128 valence electrons. The quantitative estimate of drug-likeness (QED) is 0.364. The molecule has 3 unspecified atom stereocenters. The third kappa shape index (κ3) is 3.71. The summed E-state index contributed by atoms with van der Waals surface area (Å²) in [6.45, 7) is 0.374. The van der Waals surface area contributed by atoms with E-state index in [1.54, 1.807) is 6.07 Å². The first-order valence-electron chi connectivity index (χ1n) is 6.96. The summed E-state index contributed by atoms with van der Waals surface area (Å²) in [7, 11) is 0. The molecule has 23 heavy (non-hydrogen) atoms. The van der Waals surface area contributed by atoms with Crippen molar-refractivity contribution in [2.45, 2.75) is 37.1 Å². The molecule has 0 bridgehead atoms. The van der Waals surface area contributed by atoms with Gasteiger partial charge in [-0.1, -0.05) is 6.07 Å². The Balaban J connectivity index is 2.21. The van der Waals surface area contributed by atoms with E-state index in [2.05, 4.69) is 0 Å². The second kappa shape index (κ2) is 7.11. The first-order valence-corrected chi connectivity index (χ1v) is 6.96. The molecule has 1 aromatic rings. The van der Waals surface area contributed by atoms with E-state index in [4.69, 9.17) is 20.3 Å². The maximum absolute atomic E-state index is 11.0. The summed E-state index contributed by atoms with van der Waals surface area (Å²) in [5, 5.41) is 48.0. The number of aliphatic hydroxyl groups is 3. The minimum Gasteiger partial charge on any atom is -0.504 e. The van der Waals surface area contributed by atoms with Crippen LogP contribution in [0.1, 0.15) is 5.56 Å². The van der Waals surface area contributed by atoms with E-state index in [-0.39, 0.29) is 11.5 Å². The molecule has 9 heteroatoms. The van der Waals surface area contributed by atoms with Gasteiger partial charge in [-0.3, -0.25) is 0 Å². The fraction of sp³-hybridized carbons (Fsp3) is 0.500. The van der Waals surface area contributed by atoms with E-state index in [1.165, 1.54) is 12.1 Å². The topological polar surface area (TPSA) is 163 Å². The van der Waals surface area contributed by atoms with E-state index >= 15 is 0 Å². The SMILES string of the molecule is NCCc1ccc(O)c(O[C@@H]2OC(C(=O)O)[C@H](O)C(O)C2O)c1. The van der Waals surface area contributed by atoms with Gasteiger partial charge in [-0.2, -0.15) is 0 Å². The molecule has 0 radical (unpaired) electrons. The minimum absolute atomic E-state index is 0.0623. The van der Waals surface area contributed by atoms with Crippen LogP contribution in [0.2, 0.25) is 0 Å². The van der Waals surface area contributed by atoms with Crippen LogP contribution in [0.25, 0.3) is 0 Å². The number of benzene rings is 1. The Morgan fingerprint density at radius 3 is 2.52 bits per heavy atom. The fourth-order valence-corrected chi connectivity index (χ4v) is 2.25. The van der Waals surface area contributed by atoms with Crippen LogP contribution in [-0.2, 0) is 16.0 Å². The molecule has 9 nitrogen and oxygen atoms in total. The summed E-state index contributed by atoms with van der Waals surface area (Å²) >= 11 is 0. The third-order valence-electron chi connectivity index (χ3n) is 3.51. The number of ether oxygens (including phenoxy) is 2. The zero-order valence-corrected chi connectivity index (χ0v) is 12.1. The Kier molecular flexibility index (Phi) is 5.39. The van der Waals surface area contributed by atoms with Crippen LogP contribution in [0.5, 0.6) is 11.5 Å². The van der Waals surface area contributed by atoms with Crippen LogP contribution in [0.4, 0.5) is 0 Å². The van der Waals surface area contributed by atoms with Crippen LogP contribution in [0.15, 0.2) is 18.2 Å². The van der Waals surface area contributed by atoms with Gasteiger partial charge in [-0.15, -0.1) is 0 Å². The van der Waals surface area contributed by atoms with Gasteiger partial charge in [-0.05, 0) is 30.7 Å². The highest BCUT2D eigenvalue weighted by molar-refractivity contribution is 5.73. The summed E-state index contributed by atoms with van der Waals surface area (Å²) in [5.74, 6) is -1.83. The Morgan fingerprint density at radius 1 is 1.22 bits per heavy atom. The molecule has 1 heterocycles. The molecule has 0 saturated carbocycles. The van der Waals surface area contributed by atoms with Crippen molar-refractivity contribution in [3.05, 3.63) is 23.8 Å². The number of phenolic OH excluding ortho intramolecular Hbond substituents is 1.